The van der Waals surface area contributed by atoms with Crippen LogP contribution in [0.3, 0.4) is 0 Å². The van der Waals surface area contributed by atoms with Gasteiger partial charge in [-0.1, -0.05) is 0 Å². The van der Waals surface area contributed by atoms with Gasteiger partial charge in [-0.05, 0) is 31.5 Å². The number of hydrogen-bond donors (Lipinski definition) is 1. The molecule has 6 heteroatoms. The Morgan fingerprint density at radius 1 is 1.50 bits per heavy atom. The van der Waals surface area contributed by atoms with Gasteiger partial charge in [-0.25, -0.2) is 4.39 Å². The Kier molecular flexibility index (Phi) is 4.11. The highest BCUT2D eigenvalue weighted by atomic mass is 35.5. The predicted molar refractivity (Wildman–Crippen MR) is 64.8 cm³/mol. The van der Waals surface area contributed by atoms with Crippen molar-refractivity contribution in [2.45, 2.75) is 0 Å². The van der Waals surface area contributed by atoms with Gasteiger partial charge in [-0.15, -0.1) is 11.6 Å². The maximum Gasteiger partial charge on any atom is 0.239 e. The summed E-state index contributed by atoms with van der Waals surface area (Å²) in [5, 5.41) is 2.80. The van der Waals surface area contributed by atoms with E-state index in [4.69, 9.17) is 11.6 Å². The SMILES string of the molecule is CP(C)(=O)c1cc(F)ccc1NC(=O)CCl. The van der Waals surface area contributed by atoms with Crippen molar-refractivity contribution in [1.29, 1.82) is 0 Å². The number of nitrogens with one attached hydrogen (secondary N) is 1. The van der Waals surface area contributed by atoms with Crippen molar-refractivity contribution in [3.05, 3.63) is 24.0 Å². The van der Waals surface area contributed by atoms with Crippen molar-refractivity contribution >= 4 is 35.6 Å². The van der Waals surface area contributed by atoms with Crippen LogP contribution in [-0.2, 0) is 9.36 Å². The molecule has 1 aromatic carbocycles. The van der Waals surface area contributed by atoms with E-state index < -0.39 is 18.9 Å². The lowest BCUT2D eigenvalue weighted by atomic mass is 10.3. The van der Waals surface area contributed by atoms with E-state index in [1.807, 2.05) is 0 Å². The van der Waals surface area contributed by atoms with E-state index in [1.165, 1.54) is 31.5 Å². The van der Waals surface area contributed by atoms with Crippen molar-refractivity contribution in [3.63, 3.8) is 0 Å². The van der Waals surface area contributed by atoms with Crippen LogP contribution in [0.4, 0.5) is 10.1 Å². The number of hydrogen-bond acceptors (Lipinski definition) is 2. The summed E-state index contributed by atoms with van der Waals surface area (Å²) in [5.74, 6) is -1.10. The minimum atomic E-state index is -2.65. The van der Waals surface area contributed by atoms with E-state index in [-0.39, 0.29) is 5.88 Å². The average Bonchev–Trinajstić information content (AvgIpc) is 2.19. The van der Waals surface area contributed by atoms with Crippen LogP contribution in [0.25, 0.3) is 0 Å². The van der Waals surface area contributed by atoms with Gasteiger partial charge >= 0.3 is 0 Å². The fourth-order valence-corrected chi connectivity index (χ4v) is 2.45. The number of carbonyl (C=O) groups excluding carboxylic acids is 1. The van der Waals surface area contributed by atoms with Gasteiger partial charge in [0, 0.05) is 5.30 Å². The zero-order valence-corrected chi connectivity index (χ0v) is 10.6. The van der Waals surface area contributed by atoms with Gasteiger partial charge in [0.1, 0.15) is 18.8 Å². The standard InChI is InChI=1S/C10H12ClFNO2P/c1-16(2,15)9-5-7(12)3-4-8(9)13-10(14)6-11/h3-5H,6H2,1-2H3,(H,13,14). The molecule has 16 heavy (non-hydrogen) atoms. The second-order valence-corrected chi connectivity index (χ2v) is 7.14. The molecule has 1 N–H and O–H groups in total. The Morgan fingerprint density at radius 2 is 2.12 bits per heavy atom. The summed E-state index contributed by atoms with van der Waals surface area (Å²) in [5.41, 5.74) is 0.348. The second-order valence-electron chi connectivity index (χ2n) is 3.69. The summed E-state index contributed by atoms with van der Waals surface area (Å²) >= 11 is 5.34. The molecule has 1 rings (SSSR count). The Hall–Kier alpha value is -0.860. The molecule has 0 aliphatic heterocycles. The number of alkyl halides is 1. The normalized spacial score (nSPS) is 11.2. The lowest BCUT2D eigenvalue weighted by Crippen LogP contribution is -2.19. The molecule has 0 atom stereocenters. The molecule has 0 saturated carbocycles. The van der Waals surface area contributed by atoms with E-state index in [0.717, 1.165) is 0 Å². The molecule has 0 heterocycles. The van der Waals surface area contributed by atoms with Gasteiger partial charge in [0.2, 0.25) is 5.91 Å². The lowest BCUT2D eigenvalue weighted by molar-refractivity contribution is -0.113. The topological polar surface area (TPSA) is 46.2 Å². The van der Waals surface area contributed by atoms with Gasteiger partial charge in [-0.2, -0.15) is 0 Å². The molecule has 0 bridgehead atoms. The fourth-order valence-electron chi connectivity index (χ4n) is 1.24. The molecule has 0 aliphatic carbocycles. The number of rotatable bonds is 3. The molecule has 3 nitrogen and oxygen atoms in total. The van der Waals surface area contributed by atoms with Crippen molar-refractivity contribution in [2.75, 3.05) is 24.5 Å². The first-order valence-electron chi connectivity index (χ1n) is 4.55. The van der Waals surface area contributed by atoms with Crippen LogP contribution in [-0.4, -0.2) is 25.1 Å². The second kappa shape index (κ2) is 4.98. The summed E-state index contributed by atoms with van der Waals surface area (Å²) in [4.78, 5) is 11.1. The molecule has 0 fully saturated rings. The van der Waals surface area contributed by atoms with E-state index >= 15 is 0 Å². The van der Waals surface area contributed by atoms with E-state index in [2.05, 4.69) is 5.32 Å². The van der Waals surface area contributed by atoms with Gasteiger partial charge in [0.05, 0.1) is 5.69 Å². The highest BCUT2D eigenvalue weighted by Crippen LogP contribution is 2.37. The number of carbonyl (C=O) groups is 1. The van der Waals surface area contributed by atoms with Crippen molar-refractivity contribution in [3.8, 4) is 0 Å². The van der Waals surface area contributed by atoms with Crippen LogP contribution in [0.1, 0.15) is 0 Å². The lowest BCUT2D eigenvalue weighted by Gasteiger charge is -2.13. The minimum absolute atomic E-state index is 0.200. The zero-order valence-electron chi connectivity index (χ0n) is 8.96. The molecule has 88 valence electrons. The number of halogens is 2. The first kappa shape index (κ1) is 13.2. The summed E-state index contributed by atoms with van der Waals surface area (Å²) < 4.78 is 24.9. The fraction of sp³-hybridized carbons (Fsp3) is 0.300. The van der Waals surface area contributed by atoms with Crippen LogP contribution in [0, 0.1) is 5.82 Å². The zero-order chi connectivity index (χ0) is 12.3. The molecule has 0 aliphatic rings. The summed E-state index contributed by atoms with van der Waals surface area (Å²) in [6, 6.07) is 3.75. The van der Waals surface area contributed by atoms with Crippen LogP contribution >= 0.6 is 18.7 Å². The molecule has 1 aromatic rings. The van der Waals surface area contributed by atoms with E-state index in [1.54, 1.807) is 0 Å². The average molecular weight is 264 g/mol. The maximum absolute atomic E-state index is 13.0. The van der Waals surface area contributed by atoms with Gasteiger partial charge in [-0.3, -0.25) is 4.79 Å². The summed E-state index contributed by atoms with van der Waals surface area (Å²) in [7, 11) is -2.65. The first-order valence-corrected chi connectivity index (χ1v) is 7.69. The Balaban J connectivity index is 3.18. The van der Waals surface area contributed by atoms with Gasteiger partial charge in [0.15, 0.2) is 0 Å². The van der Waals surface area contributed by atoms with Crippen molar-refractivity contribution < 1.29 is 13.8 Å². The van der Waals surface area contributed by atoms with Crippen LogP contribution in [0.5, 0.6) is 0 Å². The Morgan fingerprint density at radius 3 is 2.62 bits per heavy atom. The van der Waals surface area contributed by atoms with Crippen LogP contribution in [0.15, 0.2) is 18.2 Å². The molecule has 0 saturated heterocycles. The predicted octanol–water partition coefficient (Wildman–Crippen LogP) is 2.25. The number of amides is 1. The highest BCUT2D eigenvalue weighted by Gasteiger charge is 2.18. The van der Waals surface area contributed by atoms with Gasteiger partial charge in [0.25, 0.3) is 0 Å². The summed E-state index contributed by atoms with van der Waals surface area (Å²) in [6.07, 6.45) is 0. The summed E-state index contributed by atoms with van der Waals surface area (Å²) in [6.45, 7) is 3.02. The third-order valence-corrected chi connectivity index (χ3v) is 3.71. The van der Waals surface area contributed by atoms with E-state index in [9.17, 15) is 13.8 Å². The molecular weight excluding hydrogens is 252 g/mol. The largest absolute Gasteiger partial charge is 0.324 e. The quantitative estimate of drug-likeness (QED) is 0.672. The monoisotopic (exact) mass is 263 g/mol. The minimum Gasteiger partial charge on any atom is -0.324 e. The molecule has 1 amide bonds. The smallest absolute Gasteiger partial charge is 0.239 e. The Bertz CT molecular complexity index is 458. The third kappa shape index (κ3) is 3.32. The molecule has 0 radical (unpaired) electrons. The Labute approximate surface area is 98.4 Å². The molecule has 0 spiro atoms. The van der Waals surface area contributed by atoms with Crippen LogP contribution in [0.2, 0.25) is 0 Å². The van der Waals surface area contributed by atoms with Crippen LogP contribution < -0.4 is 10.6 Å². The molecule has 0 aromatic heterocycles. The van der Waals surface area contributed by atoms with Crippen molar-refractivity contribution in [2.24, 2.45) is 0 Å². The number of anilines is 1. The maximum atomic E-state index is 13.0. The van der Waals surface area contributed by atoms with Crippen molar-refractivity contribution in [1.82, 2.24) is 0 Å². The number of benzene rings is 1. The first-order chi connectivity index (χ1) is 7.34. The highest BCUT2D eigenvalue weighted by molar-refractivity contribution is 7.70. The van der Waals surface area contributed by atoms with E-state index in [0.29, 0.717) is 11.0 Å². The molecular formula is C10H12ClFNO2P. The third-order valence-electron chi connectivity index (χ3n) is 1.94. The van der Waals surface area contributed by atoms with Gasteiger partial charge < -0.3 is 9.88 Å². The molecule has 0 unspecified atom stereocenters.